The van der Waals surface area contributed by atoms with Gasteiger partial charge in [0.25, 0.3) is 0 Å². The minimum absolute atomic E-state index is 0.261. The highest BCUT2D eigenvalue weighted by Gasteiger charge is 2.23. The highest BCUT2D eigenvalue weighted by Crippen LogP contribution is 2.38. The van der Waals surface area contributed by atoms with Crippen LogP contribution in [0.4, 0.5) is 8.78 Å². The maximum Gasteiger partial charge on any atom is 0.204 e. The van der Waals surface area contributed by atoms with E-state index in [4.69, 9.17) is 0 Å². The number of benzene rings is 1. The zero-order valence-electron chi connectivity index (χ0n) is 19.4. The van der Waals surface area contributed by atoms with Gasteiger partial charge in [0.05, 0.1) is 0 Å². The Labute approximate surface area is 183 Å². The lowest BCUT2D eigenvalue weighted by Crippen LogP contribution is -2.04. The minimum atomic E-state index is -1.32. The third-order valence-corrected chi connectivity index (χ3v) is 6.10. The number of halogens is 2. The predicted molar refractivity (Wildman–Crippen MR) is 122 cm³/mol. The summed E-state index contributed by atoms with van der Waals surface area (Å²) in [5, 5.41) is 20.0. The first-order valence-corrected chi connectivity index (χ1v) is 12.4. The molecule has 0 saturated carbocycles. The Hall–Kier alpha value is -1.32. The topological polar surface area (TPSA) is 40.5 Å². The van der Waals surface area contributed by atoms with E-state index in [1.165, 1.54) is 64.2 Å². The van der Waals surface area contributed by atoms with Crippen molar-refractivity contribution in [1.29, 1.82) is 0 Å². The normalized spacial score (nSPS) is 11.3. The lowest BCUT2D eigenvalue weighted by molar-refractivity contribution is 0.356. The summed E-state index contributed by atoms with van der Waals surface area (Å²) in [6, 6.07) is 0. The van der Waals surface area contributed by atoms with Crippen LogP contribution in [0, 0.1) is 11.6 Å². The van der Waals surface area contributed by atoms with Crippen LogP contribution in [0.2, 0.25) is 0 Å². The standard InChI is InChI=1S/C26H44F2O2/c1-3-5-7-9-11-13-15-17-19-21-22(25(29)26(30)24(28)23(21)27)20-18-16-14-12-10-8-6-4-2/h29-30H,3-20H2,1-2H3. The number of phenols is 2. The molecule has 0 saturated heterocycles. The Kier molecular flexibility index (Phi) is 14.6. The number of unbranched alkanes of at least 4 members (excludes halogenated alkanes) is 14. The Morgan fingerprint density at radius 2 is 0.833 bits per heavy atom. The van der Waals surface area contributed by atoms with Crippen LogP contribution in [0.15, 0.2) is 0 Å². The van der Waals surface area contributed by atoms with E-state index in [9.17, 15) is 19.0 Å². The summed E-state index contributed by atoms with van der Waals surface area (Å²) in [5.74, 6) is -3.71. The summed E-state index contributed by atoms with van der Waals surface area (Å²) in [7, 11) is 0. The van der Waals surface area contributed by atoms with Crippen LogP contribution in [0.3, 0.4) is 0 Å². The summed E-state index contributed by atoms with van der Waals surface area (Å²) in [5.41, 5.74) is 0.664. The van der Waals surface area contributed by atoms with Crippen molar-refractivity contribution in [3.05, 3.63) is 22.8 Å². The summed E-state index contributed by atoms with van der Waals surface area (Å²) in [6.07, 6.45) is 19.1. The quantitative estimate of drug-likeness (QED) is 0.182. The van der Waals surface area contributed by atoms with Gasteiger partial charge >= 0.3 is 0 Å². The Morgan fingerprint density at radius 3 is 1.27 bits per heavy atom. The summed E-state index contributed by atoms with van der Waals surface area (Å²) >= 11 is 0. The van der Waals surface area contributed by atoms with E-state index in [0.717, 1.165) is 38.5 Å². The van der Waals surface area contributed by atoms with Crippen molar-refractivity contribution in [2.24, 2.45) is 0 Å². The van der Waals surface area contributed by atoms with Gasteiger partial charge in [-0.3, -0.25) is 0 Å². The molecule has 0 aliphatic carbocycles. The lowest BCUT2D eigenvalue weighted by Gasteiger charge is -2.15. The fourth-order valence-electron chi connectivity index (χ4n) is 4.16. The van der Waals surface area contributed by atoms with Gasteiger partial charge in [-0.25, -0.2) is 4.39 Å². The van der Waals surface area contributed by atoms with Gasteiger partial charge in [0.1, 0.15) is 0 Å². The van der Waals surface area contributed by atoms with Gasteiger partial charge < -0.3 is 10.2 Å². The molecule has 0 atom stereocenters. The number of hydrogen-bond donors (Lipinski definition) is 2. The lowest BCUT2D eigenvalue weighted by atomic mass is 9.94. The fourth-order valence-corrected chi connectivity index (χ4v) is 4.16. The van der Waals surface area contributed by atoms with Crippen LogP contribution < -0.4 is 0 Å². The summed E-state index contributed by atoms with van der Waals surface area (Å²) in [6.45, 7) is 4.40. The van der Waals surface area contributed by atoms with Gasteiger partial charge in [-0.2, -0.15) is 4.39 Å². The highest BCUT2D eigenvalue weighted by molar-refractivity contribution is 5.51. The van der Waals surface area contributed by atoms with Gasteiger partial charge in [-0.15, -0.1) is 0 Å². The molecule has 4 heteroatoms. The van der Waals surface area contributed by atoms with Gasteiger partial charge in [0.2, 0.25) is 5.82 Å². The molecule has 1 aromatic rings. The first kappa shape index (κ1) is 26.7. The molecule has 30 heavy (non-hydrogen) atoms. The molecule has 0 radical (unpaired) electrons. The van der Waals surface area contributed by atoms with Crippen LogP contribution in [0.1, 0.15) is 128 Å². The van der Waals surface area contributed by atoms with E-state index in [1.807, 2.05) is 0 Å². The molecule has 0 amide bonds. The van der Waals surface area contributed by atoms with Crippen molar-refractivity contribution < 1.29 is 19.0 Å². The van der Waals surface area contributed by atoms with Crippen molar-refractivity contribution in [3.63, 3.8) is 0 Å². The monoisotopic (exact) mass is 426 g/mol. The fraction of sp³-hybridized carbons (Fsp3) is 0.769. The molecule has 0 aliphatic heterocycles. The second-order valence-corrected chi connectivity index (χ2v) is 8.73. The van der Waals surface area contributed by atoms with Crippen molar-refractivity contribution >= 4 is 0 Å². The predicted octanol–water partition coefficient (Wildman–Crippen LogP) is 8.74. The van der Waals surface area contributed by atoms with Gasteiger partial charge in [-0.1, -0.05) is 104 Å². The van der Waals surface area contributed by atoms with Crippen molar-refractivity contribution in [3.8, 4) is 11.5 Å². The molecule has 0 heterocycles. The van der Waals surface area contributed by atoms with Gasteiger partial charge in [0, 0.05) is 5.56 Å². The van der Waals surface area contributed by atoms with E-state index in [2.05, 4.69) is 13.8 Å². The Morgan fingerprint density at radius 1 is 0.467 bits per heavy atom. The summed E-state index contributed by atoms with van der Waals surface area (Å²) < 4.78 is 28.5. The maximum absolute atomic E-state index is 14.5. The minimum Gasteiger partial charge on any atom is -0.504 e. The molecule has 1 aromatic carbocycles. The average Bonchev–Trinajstić information content (AvgIpc) is 2.75. The largest absolute Gasteiger partial charge is 0.504 e. The molecule has 174 valence electrons. The van der Waals surface area contributed by atoms with E-state index in [0.29, 0.717) is 18.4 Å². The third kappa shape index (κ3) is 9.66. The number of rotatable bonds is 18. The average molecular weight is 427 g/mol. The molecule has 0 unspecified atom stereocenters. The van der Waals surface area contributed by atoms with Crippen molar-refractivity contribution in [2.75, 3.05) is 0 Å². The second kappa shape index (κ2) is 16.4. The van der Waals surface area contributed by atoms with E-state index < -0.39 is 23.1 Å². The van der Waals surface area contributed by atoms with Crippen LogP contribution in [-0.2, 0) is 12.8 Å². The highest BCUT2D eigenvalue weighted by atomic mass is 19.2. The molecule has 0 aliphatic rings. The molecule has 0 fully saturated rings. The first-order valence-electron chi connectivity index (χ1n) is 12.4. The molecule has 2 nitrogen and oxygen atoms in total. The Balaban J connectivity index is 2.52. The van der Waals surface area contributed by atoms with Gasteiger partial charge in [0.15, 0.2) is 17.3 Å². The Bertz CT molecular complexity index is 536. The van der Waals surface area contributed by atoms with Crippen LogP contribution in [-0.4, -0.2) is 10.2 Å². The van der Waals surface area contributed by atoms with Gasteiger partial charge in [-0.05, 0) is 31.2 Å². The molecule has 0 aromatic heterocycles. The third-order valence-electron chi connectivity index (χ3n) is 6.10. The van der Waals surface area contributed by atoms with Crippen LogP contribution in [0.5, 0.6) is 11.5 Å². The van der Waals surface area contributed by atoms with Crippen molar-refractivity contribution in [1.82, 2.24) is 0 Å². The second-order valence-electron chi connectivity index (χ2n) is 8.73. The number of hydrogen-bond acceptors (Lipinski definition) is 2. The van der Waals surface area contributed by atoms with Crippen LogP contribution >= 0.6 is 0 Å². The molecular formula is C26H44F2O2. The first-order chi connectivity index (χ1) is 14.5. The smallest absolute Gasteiger partial charge is 0.204 e. The number of phenolic OH excluding ortho intramolecular Hbond substituents is 2. The molecule has 1 rings (SSSR count). The van der Waals surface area contributed by atoms with E-state index in [-0.39, 0.29) is 5.56 Å². The molecule has 0 spiro atoms. The van der Waals surface area contributed by atoms with E-state index in [1.54, 1.807) is 0 Å². The molecular weight excluding hydrogens is 382 g/mol. The SMILES string of the molecule is CCCCCCCCCCc1c(O)c(O)c(F)c(F)c1CCCCCCCCCC. The summed E-state index contributed by atoms with van der Waals surface area (Å²) in [4.78, 5) is 0. The van der Waals surface area contributed by atoms with E-state index >= 15 is 0 Å². The van der Waals surface area contributed by atoms with Crippen molar-refractivity contribution in [2.45, 2.75) is 129 Å². The number of aromatic hydroxyl groups is 2. The zero-order valence-corrected chi connectivity index (χ0v) is 19.4. The molecule has 2 N–H and O–H groups in total. The van der Waals surface area contributed by atoms with Crippen LogP contribution in [0.25, 0.3) is 0 Å². The molecule has 0 bridgehead atoms. The zero-order chi connectivity index (χ0) is 22.2. The maximum atomic E-state index is 14.5.